The summed E-state index contributed by atoms with van der Waals surface area (Å²) < 4.78 is 5.28. The van der Waals surface area contributed by atoms with Gasteiger partial charge in [0, 0.05) is 30.0 Å². The van der Waals surface area contributed by atoms with Gasteiger partial charge in [0.25, 0.3) is 0 Å². The number of nitrogens with one attached hydrogen (secondary N) is 1. The van der Waals surface area contributed by atoms with E-state index in [-0.39, 0.29) is 5.54 Å². The molecule has 0 bridgehead atoms. The van der Waals surface area contributed by atoms with E-state index in [4.69, 9.17) is 9.72 Å². The first kappa shape index (κ1) is 14.9. The van der Waals surface area contributed by atoms with Gasteiger partial charge in [0.1, 0.15) is 0 Å². The van der Waals surface area contributed by atoms with E-state index in [2.05, 4.69) is 39.9 Å². The second kappa shape index (κ2) is 5.15. The van der Waals surface area contributed by atoms with E-state index in [1.165, 1.54) is 16.3 Å². The van der Waals surface area contributed by atoms with Crippen LogP contribution in [0.25, 0.3) is 0 Å². The average Bonchev–Trinajstić information content (AvgIpc) is 2.73. The Morgan fingerprint density at radius 2 is 2.05 bits per heavy atom. The van der Waals surface area contributed by atoms with Crippen LogP contribution in [0.1, 0.15) is 62.5 Å². The van der Waals surface area contributed by atoms with Crippen LogP contribution in [-0.4, -0.2) is 17.6 Å². The lowest BCUT2D eigenvalue weighted by Gasteiger charge is -2.20. The van der Waals surface area contributed by atoms with Crippen LogP contribution in [0.3, 0.4) is 0 Å². The molecule has 1 aliphatic carbocycles. The minimum absolute atomic E-state index is 0.132. The Morgan fingerprint density at radius 3 is 2.53 bits per heavy atom. The van der Waals surface area contributed by atoms with Crippen molar-refractivity contribution in [2.24, 2.45) is 5.41 Å². The average molecular weight is 282 g/mol. The molecule has 1 aliphatic rings. The first-order valence-electron chi connectivity index (χ1n) is 6.95. The number of methoxy groups -OCH3 is 1. The molecule has 4 heteroatoms. The summed E-state index contributed by atoms with van der Waals surface area (Å²) in [4.78, 5) is 6.14. The quantitative estimate of drug-likeness (QED) is 0.894. The third kappa shape index (κ3) is 3.77. The third-order valence-electron chi connectivity index (χ3n) is 3.67. The molecule has 1 atom stereocenters. The van der Waals surface area contributed by atoms with Crippen LogP contribution in [0, 0.1) is 5.41 Å². The van der Waals surface area contributed by atoms with Crippen LogP contribution < -0.4 is 5.32 Å². The lowest BCUT2D eigenvalue weighted by atomic mass is 10.1. The number of nitrogens with zero attached hydrogens (tertiary/aromatic N) is 1. The Kier molecular flexibility index (Phi) is 4.05. The standard InChI is InChI=1S/C15H26N2OS/c1-14(2,3)16-8-12-11(9-18-6)17-13(19-12)10-7-15(10,4)5/h10,16H,7-9H2,1-6H3. The highest BCUT2D eigenvalue weighted by Crippen LogP contribution is 2.59. The van der Waals surface area contributed by atoms with Crippen molar-refractivity contribution in [3.05, 3.63) is 15.6 Å². The molecule has 0 radical (unpaired) electrons. The van der Waals surface area contributed by atoms with E-state index in [1.54, 1.807) is 7.11 Å². The third-order valence-corrected chi connectivity index (χ3v) is 4.88. The molecule has 3 nitrogen and oxygen atoms in total. The van der Waals surface area contributed by atoms with E-state index in [0.29, 0.717) is 17.9 Å². The number of ether oxygens (including phenoxy) is 1. The molecule has 19 heavy (non-hydrogen) atoms. The van der Waals surface area contributed by atoms with Gasteiger partial charge in [-0.1, -0.05) is 13.8 Å². The van der Waals surface area contributed by atoms with Crippen molar-refractivity contribution in [2.45, 2.75) is 65.6 Å². The zero-order valence-corrected chi connectivity index (χ0v) is 13.8. The molecule has 1 fully saturated rings. The lowest BCUT2D eigenvalue weighted by Crippen LogP contribution is -2.35. The Labute approximate surface area is 120 Å². The Morgan fingerprint density at radius 1 is 1.42 bits per heavy atom. The van der Waals surface area contributed by atoms with E-state index in [9.17, 15) is 0 Å². The largest absolute Gasteiger partial charge is 0.378 e. The summed E-state index contributed by atoms with van der Waals surface area (Å²) in [6.45, 7) is 12.7. The van der Waals surface area contributed by atoms with Gasteiger partial charge in [-0.05, 0) is 32.6 Å². The van der Waals surface area contributed by atoms with Gasteiger partial charge in [-0.3, -0.25) is 0 Å². The van der Waals surface area contributed by atoms with Gasteiger partial charge in [-0.15, -0.1) is 11.3 Å². The lowest BCUT2D eigenvalue weighted by molar-refractivity contribution is 0.181. The molecule has 108 valence electrons. The molecule has 0 aromatic carbocycles. The molecule has 1 unspecified atom stereocenters. The number of aromatic nitrogens is 1. The van der Waals surface area contributed by atoms with Crippen LogP contribution in [0.2, 0.25) is 0 Å². The van der Waals surface area contributed by atoms with Crippen LogP contribution in [0.4, 0.5) is 0 Å². The highest BCUT2D eigenvalue weighted by atomic mass is 32.1. The second-order valence-corrected chi connectivity index (χ2v) is 8.32. The number of rotatable bonds is 5. The highest BCUT2D eigenvalue weighted by Gasteiger charge is 2.48. The van der Waals surface area contributed by atoms with E-state index in [1.807, 2.05) is 11.3 Å². The Hall–Kier alpha value is -0.450. The van der Waals surface area contributed by atoms with E-state index < -0.39 is 0 Å². The molecule has 0 aliphatic heterocycles. The monoisotopic (exact) mass is 282 g/mol. The van der Waals surface area contributed by atoms with Crippen molar-refractivity contribution in [3.63, 3.8) is 0 Å². The summed E-state index contributed by atoms with van der Waals surface area (Å²) in [6, 6.07) is 0. The molecular formula is C15H26N2OS. The van der Waals surface area contributed by atoms with Gasteiger partial charge in [0.15, 0.2) is 0 Å². The van der Waals surface area contributed by atoms with Crippen LogP contribution in [0.5, 0.6) is 0 Å². The van der Waals surface area contributed by atoms with Crippen molar-refractivity contribution in [1.82, 2.24) is 10.3 Å². The van der Waals surface area contributed by atoms with Crippen molar-refractivity contribution in [1.29, 1.82) is 0 Å². The van der Waals surface area contributed by atoms with E-state index >= 15 is 0 Å². The maximum Gasteiger partial charge on any atom is 0.0969 e. The van der Waals surface area contributed by atoms with Gasteiger partial charge >= 0.3 is 0 Å². The number of hydrogen-bond acceptors (Lipinski definition) is 4. The fourth-order valence-corrected chi connectivity index (χ4v) is 3.49. The second-order valence-electron chi connectivity index (χ2n) is 7.20. The minimum Gasteiger partial charge on any atom is -0.378 e. The predicted octanol–water partition coefficient (Wildman–Crippen LogP) is 3.69. The summed E-state index contributed by atoms with van der Waals surface area (Å²) in [6.07, 6.45) is 1.26. The molecule has 1 heterocycles. The molecule has 0 saturated heterocycles. The minimum atomic E-state index is 0.132. The zero-order valence-electron chi connectivity index (χ0n) is 13.0. The van der Waals surface area contributed by atoms with Crippen molar-refractivity contribution < 1.29 is 4.74 Å². The number of hydrogen-bond donors (Lipinski definition) is 1. The predicted molar refractivity (Wildman–Crippen MR) is 80.6 cm³/mol. The summed E-state index contributed by atoms with van der Waals surface area (Å²) >= 11 is 1.86. The van der Waals surface area contributed by atoms with Gasteiger partial charge in [-0.25, -0.2) is 4.98 Å². The highest BCUT2D eigenvalue weighted by molar-refractivity contribution is 7.11. The van der Waals surface area contributed by atoms with Crippen molar-refractivity contribution >= 4 is 11.3 Å². The maximum atomic E-state index is 5.28. The zero-order chi connectivity index (χ0) is 14.3. The van der Waals surface area contributed by atoms with Gasteiger partial charge in [0.05, 0.1) is 17.3 Å². The first-order valence-corrected chi connectivity index (χ1v) is 7.77. The molecule has 0 amide bonds. The summed E-state index contributed by atoms with van der Waals surface area (Å²) in [5.74, 6) is 0.650. The van der Waals surface area contributed by atoms with Gasteiger partial charge < -0.3 is 10.1 Å². The molecule has 2 rings (SSSR count). The van der Waals surface area contributed by atoms with Crippen molar-refractivity contribution in [3.8, 4) is 0 Å². The smallest absolute Gasteiger partial charge is 0.0969 e. The molecule has 1 aromatic heterocycles. The molecule has 1 saturated carbocycles. The summed E-state index contributed by atoms with van der Waals surface area (Å²) in [7, 11) is 1.74. The van der Waals surface area contributed by atoms with Gasteiger partial charge in [-0.2, -0.15) is 0 Å². The fourth-order valence-electron chi connectivity index (χ4n) is 2.17. The molecular weight excluding hydrogens is 256 g/mol. The van der Waals surface area contributed by atoms with Crippen LogP contribution in [0.15, 0.2) is 0 Å². The SMILES string of the molecule is COCc1nc(C2CC2(C)C)sc1CNC(C)(C)C. The fraction of sp³-hybridized carbons (Fsp3) is 0.800. The van der Waals surface area contributed by atoms with Crippen molar-refractivity contribution in [2.75, 3.05) is 7.11 Å². The summed E-state index contributed by atoms with van der Waals surface area (Å²) in [5.41, 5.74) is 1.69. The number of thiazole rings is 1. The Bertz CT molecular complexity index is 445. The molecule has 1 aromatic rings. The molecule has 0 spiro atoms. The molecule has 1 N–H and O–H groups in total. The summed E-state index contributed by atoms with van der Waals surface area (Å²) in [5, 5.41) is 4.84. The van der Waals surface area contributed by atoms with Gasteiger partial charge in [0.2, 0.25) is 0 Å². The van der Waals surface area contributed by atoms with E-state index in [0.717, 1.165) is 12.2 Å². The van der Waals surface area contributed by atoms with Crippen LogP contribution in [-0.2, 0) is 17.9 Å². The Balaban J connectivity index is 2.12. The first-order chi connectivity index (χ1) is 8.73. The normalized spacial score (nSPS) is 21.7. The maximum absolute atomic E-state index is 5.28. The topological polar surface area (TPSA) is 34.1 Å². The van der Waals surface area contributed by atoms with Crippen LogP contribution >= 0.6 is 11.3 Å².